The summed E-state index contributed by atoms with van der Waals surface area (Å²) in [5.41, 5.74) is 1.80. The van der Waals surface area contributed by atoms with E-state index in [0.29, 0.717) is 16.8 Å². The summed E-state index contributed by atoms with van der Waals surface area (Å²) in [5, 5.41) is 19.2. The van der Waals surface area contributed by atoms with Gasteiger partial charge in [0.15, 0.2) is 0 Å². The Labute approximate surface area is 75.4 Å². The molecule has 1 aromatic heterocycles. The van der Waals surface area contributed by atoms with Crippen LogP contribution in [0.5, 0.6) is 0 Å². The topological polar surface area (TPSA) is 49.0 Å². The molecular formula is C10H8N2O. The van der Waals surface area contributed by atoms with Crippen LogP contribution in [0.25, 0.3) is 10.9 Å². The van der Waals surface area contributed by atoms with Crippen molar-refractivity contribution in [3.8, 4) is 6.07 Å². The Morgan fingerprint density at radius 1 is 1.38 bits per heavy atom. The van der Waals surface area contributed by atoms with Crippen LogP contribution in [-0.4, -0.2) is 9.94 Å². The first-order chi connectivity index (χ1) is 6.25. The maximum Gasteiger partial charge on any atom is 0.102 e. The van der Waals surface area contributed by atoms with E-state index in [4.69, 9.17) is 5.26 Å². The first kappa shape index (κ1) is 7.69. The highest BCUT2D eigenvalue weighted by Crippen LogP contribution is 2.23. The van der Waals surface area contributed by atoms with E-state index in [1.807, 2.05) is 18.2 Å². The average Bonchev–Trinajstić information content (AvgIpc) is 2.41. The fourth-order valence-electron chi connectivity index (χ4n) is 1.49. The normalized spacial score (nSPS) is 10.2. The summed E-state index contributed by atoms with van der Waals surface area (Å²) >= 11 is 0. The second-order valence-electron chi connectivity index (χ2n) is 2.90. The second-order valence-corrected chi connectivity index (χ2v) is 2.90. The summed E-state index contributed by atoms with van der Waals surface area (Å²) in [6.07, 6.45) is 0. The summed E-state index contributed by atoms with van der Waals surface area (Å²) < 4.78 is 1.05. The molecule has 0 atom stereocenters. The quantitative estimate of drug-likeness (QED) is 0.618. The van der Waals surface area contributed by atoms with Gasteiger partial charge in [-0.1, -0.05) is 18.2 Å². The number of nitrogens with zero attached hydrogens (tertiary/aromatic N) is 2. The fraction of sp³-hybridized carbons (Fsp3) is 0.100. The van der Waals surface area contributed by atoms with Crippen LogP contribution >= 0.6 is 0 Å². The molecule has 2 aromatic rings. The highest BCUT2D eigenvalue weighted by Gasteiger charge is 2.11. The molecule has 0 fully saturated rings. The Morgan fingerprint density at radius 2 is 2.08 bits per heavy atom. The van der Waals surface area contributed by atoms with Crippen molar-refractivity contribution in [2.24, 2.45) is 0 Å². The van der Waals surface area contributed by atoms with Gasteiger partial charge in [0.2, 0.25) is 0 Å². The average molecular weight is 172 g/mol. The van der Waals surface area contributed by atoms with Gasteiger partial charge < -0.3 is 5.21 Å². The molecule has 1 heterocycles. The van der Waals surface area contributed by atoms with E-state index in [-0.39, 0.29) is 0 Å². The number of aromatic nitrogens is 1. The Hall–Kier alpha value is -1.95. The van der Waals surface area contributed by atoms with Crippen LogP contribution in [0.15, 0.2) is 24.3 Å². The molecule has 0 aliphatic carbocycles. The second kappa shape index (κ2) is 2.53. The maximum absolute atomic E-state index is 9.58. The highest BCUT2D eigenvalue weighted by atomic mass is 16.5. The number of fused-ring (bicyclic) bond motifs is 1. The molecule has 1 N–H and O–H groups in total. The van der Waals surface area contributed by atoms with Crippen molar-refractivity contribution in [3.63, 3.8) is 0 Å². The minimum atomic E-state index is 0.540. The van der Waals surface area contributed by atoms with E-state index in [1.165, 1.54) is 0 Å². The summed E-state index contributed by atoms with van der Waals surface area (Å²) in [7, 11) is 0. The Morgan fingerprint density at radius 3 is 2.77 bits per heavy atom. The molecule has 2 rings (SSSR count). The molecule has 0 radical (unpaired) electrons. The monoisotopic (exact) mass is 172 g/mol. The zero-order valence-corrected chi connectivity index (χ0v) is 7.15. The van der Waals surface area contributed by atoms with Gasteiger partial charge in [-0.25, -0.2) is 0 Å². The lowest BCUT2D eigenvalue weighted by Gasteiger charge is -1.94. The van der Waals surface area contributed by atoms with Crippen molar-refractivity contribution in [1.29, 1.82) is 5.26 Å². The molecule has 0 aliphatic heterocycles. The standard InChI is InChI=1S/C10H8N2O/c1-7-9(6-11)8-4-2-3-5-10(8)12(7)13/h2-5,13H,1H3. The Kier molecular flexibility index (Phi) is 1.49. The first-order valence-corrected chi connectivity index (χ1v) is 3.95. The van der Waals surface area contributed by atoms with Crippen LogP contribution in [0, 0.1) is 18.3 Å². The van der Waals surface area contributed by atoms with Crippen molar-refractivity contribution in [1.82, 2.24) is 4.73 Å². The van der Waals surface area contributed by atoms with Gasteiger partial charge in [-0.05, 0) is 13.0 Å². The van der Waals surface area contributed by atoms with Gasteiger partial charge in [-0.15, -0.1) is 0 Å². The summed E-state index contributed by atoms with van der Waals surface area (Å²) in [6.45, 7) is 1.72. The number of rotatable bonds is 0. The van der Waals surface area contributed by atoms with Crippen molar-refractivity contribution >= 4 is 10.9 Å². The molecule has 3 heteroatoms. The summed E-state index contributed by atoms with van der Waals surface area (Å²) in [4.78, 5) is 0. The lowest BCUT2D eigenvalue weighted by molar-refractivity contribution is 0.193. The zero-order chi connectivity index (χ0) is 9.42. The molecule has 0 spiro atoms. The molecule has 13 heavy (non-hydrogen) atoms. The largest absolute Gasteiger partial charge is 0.428 e. The third kappa shape index (κ3) is 0.890. The van der Waals surface area contributed by atoms with Gasteiger partial charge in [-0.3, -0.25) is 0 Å². The number of para-hydroxylation sites is 1. The van der Waals surface area contributed by atoms with Crippen LogP contribution in [-0.2, 0) is 0 Å². The van der Waals surface area contributed by atoms with Gasteiger partial charge in [-0.2, -0.15) is 9.99 Å². The predicted octanol–water partition coefficient (Wildman–Crippen LogP) is 2.06. The molecule has 1 aromatic carbocycles. The van der Waals surface area contributed by atoms with Crippen molar-refractivity contribution in [2.75, 3.05) is 0 Å². The number of nitriles is 1. The Balaban J connectivity index is 3.00. The van der Waals surface area contributed by atoms with Gasteiger partial charge in [0.1, 0.15) is 6.07 Å². The van der Waals surface area contributed by atoms with Crippen LogP contribution in [0.3, 0.4) is 0 Å². The molecule has 0 bridgehead atoms. The molecule has 3 nitrogen and oxygen atoms in total. The summed E-state index contributed by atoms with van der Waals surface area (Å²) in [6, 6.07) is 9.36. The van der Waals surface area contributed by atoms with E-state index in [0.717, 1.165) is 10.1 Å². The lowest BCUT2D eigenvalue weighted by Crippen LogP contribution is -1.91. The van der Waals surface area contributed by atoms with Gasteiger partial charge in [0.05, 0.1) is 16.8 Å². The Bertz CT molecular complexity index is 505. The maximum atomic E-state index is 9.58. The predicted molar refractivity (Wildman–Crippen MR) is 48.6 cm³/mol. The van der Waals surface area contributed by atoms with Gasteiger partial charge >= 0.3 is 0 Å². The summed E-state index contributed by atoms with van der Waals surface area (Å²) in [5.74, 6) is 0. The number of hydrogen-bond acceptors (Lipinski definition) is 2. The van der Waals surface area contributed by atoms with E-state index < -0.39 is 0 Å². The number of hydrogen-bond donors (Lipinski definition) is 1. The molecule has 0 unspecified atom stereocenters. The minimum absolute atomic E-state index is 0.540. The lowest BCUT2D eigenvalue weighted by atomic mass is 10.1. The van der Waals surface area contributed by atoms with E-state index in [2.05, 4.69) is 6.07 Å². The van der Waals surface area contributed by atoms with Crippen molar-refractivity contribution in [2.45, 2.75) is 6.92 Å². The molecule has 64 valence electrons. The smallest absolute Gasteiger partial charge is 0.102 e. The molecule has 0 saturated carbocycles. The van der Waals surface area contributed by atoms with Gasteiger partial charge in [0.25, 0.3) is 0 Å². The molecule has 0 aliphatic rings. The SMILES string of the molecule is Cc1c(C#N)c2ccccc2n1O. The third-order valence-electron chi connectivity index (χ3n) is 2.19. The van der Waals surface area contributed by atoms with Crippen LogP contribution in [0.1, 0.15) is 11.3 Å². The minimum Gasteiger partial charge on any atom is -0.428 e. The van der Waals surface area contributed by atoms with Crippen LogP contribution < -0.4 is 0 Å². The zero-order valence-electron chi connectivity index (χ0n) is 7.15. The van der Waals surface area contributed by atoms with E-state index >= 15 is 0 Å². The first-order valence-electron chi connectivity index (χ1n) is 3.95. The molecule has 0 amide bonds. The van der Waals surface area contributed by atoms with E-state index in [9.17, 15) is 5.21 Å². The van der Waals surface area contributed by atoms with Crippen molar-refractivity contribution < 1.29 is 5.21 Å². The van der Waals surface area contributed by atoms with Crippen molar-refractivity contribution in [3.05, 3.63) is 35.5 Å². The highest BCUT2D eigenvalue weighted by molar-refractivity contribution is 5.87. The number of benzene rings is 1. The molecular weight excluding hydrogens is 164 g/mol. The van der Waals surface area contributed by atoms with Gasteiger partial charge in [0, 0.05) is 5.39 Å². The van der Waals surface area contributed by atoms with Crippen LogP contribution in [0.2, 0.25) is 0 Å². The van der Waals surface area contributed by atoms with E-state index in [1.54, 1.807) is 13.0 Å². The fourth-order valence-corrected chi connectivity index (χ4v) is 1.49. The third-order valence-corrected chi connectivity index (χ3v) is 2.19. The van der Waals surface area contributed by atoms with Crippen LogP contribution in [0.4, 0.5) is 0 Å². The molecule has 0 saturated heterocycles.